The summed E-state index contributed by atoms with van der Waals surface area (Å²) in [5.41, 5.74) is 3.16. The van der Waals surface area contributed by atoms with Gasteiger partial charge in [-0.15, -0.1) is 0 Å². The summed E-state index contributed by atoms with van der Waals surface area (Å²) in [6, 6.07) is 5.21. The molecule has 1 heterocycles. The number of carbonyl (C=O) groups excluding carboxylic acids is 2. The summed E-state index contributed by atoms with van der Waals surface area (Å²) in [5.74, 6) is -0.197. The van der Waals surface area contributed by atoms with E-state index in [1.807, 2.05) is 6.92 Å². The predicted molar refractivity (Wildman–Crippen MR) is 76.7 cm³/mol. The summed E-state index contributed by atoms with van der Waals surface area (Å²) >= 11 is 0. The van der Waals surface area contributed by atoms with Crippen LogP contribution < -0.4 is 10.6 Å². The van der Waals surface area contributed by atoms with Crippen molar-refractivity contribution in [2.75, 3.05) is 25.1 Å². The topological polar surface area (TPSA) is 67.4 Å². The molecule has 0 spiro atoms. The van der Waals surface area contributed by atoms with E-state index in [2.05, 4.69) is 17.2 Å². The van der Waals surface area contributed by atoms with Crippen LogP contribution in [0.5, 0.6) is 0 Å². The second-order valence-electron chi connectivity index (χ2n) is 4.86. The van der Waals surface area contributed by atoms with Crippen molar-refractivity contribution in [1.29, 1.82) is 0 Å². The molecule has 0 radical (unpaired) electrons. The zero-order valence-corrected chi connectivity index (χ0v) is 11.5. The molecule has 5 nitrogen and oxygen atoms in total. The second-order valence-corrected chi connectivity index (χ2v) is 4.86. The van der Waals surface area contributed by atoms with Gasteiger partial charge in [0.1, 0.15) is 0 Å². The molecule has 0 saturated carbocycles. The van der Waals surface area contributed by atoms with E-state index in [1.54, 1.807) is 18.2 Å². The Morgan fingerprint density at radius 2 is 2.30 bits per heavy atom. The highest BCUT2D eigenvalue weighted by molar-refractivity contribution is 6.01. The molecule has 0 fully saturated rings. The van der Waals surface area contributed by atoms with Crippen molar-refractivity contribution in [3.63, 3.8) is 0 Å². The standard InChI is InChI=1S/C15H18N2O3/c1-10(2)9-20-6-5-16-15(19)11-3-4-13-12(7-11)8-14(18)17-13/h3-4,7H,1,5-6,8-9H2,2H3,(H,16,19)(H,17,18). The van der Waals surface area contributed by atoms with Crippen LogP contribution in [0.4, 0.5) is 5.69 Å². The van der Waals surface area contributed by atoms with Crippen molar-refractivity contribution in [2.45, 2.75) is 13.3 Å². The molecular formula is C15H18N2O3. The molecule has 20 heavy (non-hydrogen) atoms. The van der Waals surface area contributed by atoms with Gasteiger partial charge in [-0.05, 0) is 30.7 Å². The number of fused-ring (bicyclic) bond motifs is 1. The van der Waals surface area contributed by atoms with Crippen LogP contribution in [0.15, 0.2) is 30.4 Å². The van der Waals surface area contributed by atoms with Gasteiger partial charge in [0.2, 0.25) is 5.91 Å². The Bertz CT molecular complexity index is 552. The first kappa shape index (κ1) is 14.3. The number of anilines is 1. The Balaban J connectivity index is 1.83. The van der Waals surface area contributed by atoms with Crippen molar-refractivity contribution in [3.05, 3.63) is 41.5 Å². The summed E-state index contributed by atoms with van der Waals surface area (Å²) in [4.78, 5) is 23.2. The van der Waals surface area contributed by atoms with Crippen LogP contribution in [0, 0.1) is 0 Å². The van der Waals surface area contributed by atoms with E-state index in [0.717, 1.165) is 16.8 Å². The number of nitrogens with one attached hydrogen (secondary N) is 2. The zero-order chi connectivity index (χ0) is 14.5. The van der Waals surface area contributed by atoms with Gasteiger partial charge < -0.3 is 15.4 Å². The van der Waals surface area contributed by atoms with Crippen LogP contribution in [-0.2, 0) is 16.0 Å². The Morgan fingerprint density at radius 1 is 1.50 bits per heavy atom. The Kier molecular flexibility index (Phi) is 4.53. The maximum Gasteiger partial charge on any atom is 0.251 e. The molecule has 5 heteroatoms. The van der Waals surface area contributed by atoms with Gasteiger partial charge >= 0.3 is 0 Å². The van der Waals surface area contributed by atoms with Gasteiger partial charge in [-0.2, -0.15) is 0 Å². The summed E-state index contributed by atoms with van der Waals surface area (Å²) in [5, 5.41) is 5.51. The molecule has 0 aromatic heterocycles. The van der Waals surface area contributed by atoms with E-state index in [0.29, 0.717) is 31.7 Å². The fourth-order valence-electron chi connectivity index (χ4n) is 1.96. The fourth-order valence-corrected chi connectivity index (χ4v) is 1.96. The zero-order valence-electron chi connectivity index (χ0n) is 11.5. The predicted octanol–water partition coefficient (Wildman–Crippen LogP) is 1.50. The third-order valence-electron chi connectivity index (χ3n) is 2.87. The Labute approximate surface area is 118 Å². The lowest BCUT2D eigenvalue weighted by atomic mass is 10.1. The lowest BCUT2D eigenvalue weighted by molar-refractivity contribution is -0.115. The highest BCUT2D eigenvalue weighted by atomic mass is 16.5. The van der Waals surface area contributed by atoms with Gasteiger partial charge in [-0.25, -0.2) is 0 Å². The van der Waals surface area contributed by atoms with Gasteiger partial charge in [-0.1, -0.05) is 12.2 Å². The molecule has 2 N–H and O–H groups in total. The Hall–Kier alpha value is -2.14. The monoisotopic (exact) mass is 274 g/mol. The van der Waals surface area contributed by atoms with Crippen molar-refractivity contribution < 1.29 is 14.3 Å². The molecule has 0 aliphatic carbocycles. The van der Waals surface area contributed by atoms with E-state index in [4.69, 9.17) is 4.74 Å². The van der Waals surface area contributed by atoms with Crippen molar-refractivity contribution in [2.24, 2.45) is 0 Å². The van der Waals surface area contributed by atoms with Gasteiger partial charge in [0.05, 0.1) is 19.6 Å². The van der Waals surface area contributed by atoms with Crippen LogP contribution in [0.25, 0.3) is 0 Å². The minimum absolute atomic E-state index is 0.0363. The molecule has 106 valence electrons. The minimum atomic E-state index is -0.161. The average Bonchev–Trinajstić information content (AvgIpc) is 2.76. The number of amides is 2. The normalized spacial score (nSPS) is 12.8. The quantitative estimate of drug-likeness (QED) is 0.610. The van der Waals surface area contributed by atoms with Gasteiger partial charge in [0.15, 0.2) is 0 Å². The number of benzene rings is 1. The molecule has 0 saturated heterocycles. The smallest absolute Gasteiger partial charge is 0.251 e. The first-order chi connectivity index (χ1) is 9.56. The van der Waals surface area contributed by atoms with Gasteiger partial charge in [0.25, 0.3) is 5.91 Å². The third kappa shape index (κ3) is 3.68. The summed E-state index contributed by atoms with van der Waals surface area (Å²) in [6.07, 6.45) is 0.332. The summed E-state index contributed by atoms with van der Waals surface area (Å²) < 4.78 is 5.30. The Morgan fingerprint density at radius 3 is 3.05 bits per heavy atom. The number of hydrogen-bond donors (Lipinski definition) is 2. The number of ether oxygens (including phenoxy) is 1. The van der Waals surface area contributed by atoms with Crippen molar-refractivity contribution >= 4 is 17.5 Å². The molecular weight excluding hydrogens is 256 g/mol. The third-order valence-corrected chi connectivity index (χ3v) is 2.87. The van der Waals surface area contributed by atoms with Gasteiger partial charge in [0, 0.05) is 17.8 Å². The number of hydrogen-bond acceptors (Lipinski definition) is 3. The number of rotatable bonds is 6. The highest BCUT2D eigenvalue weighted by Gasteiger charge is 2.18. The average molecular weight is 274 g/mol. The lowest BCUT2D eigenvalue weighted by Gasteiger charge is -2.07. The molecule has 1 aromatic carbocycles. The summed E-state index contributed by atoms with van der Waals surface area (Å²) in [6.45, 7) is 7.01. The highest BCUT2D eigenvalue weighted by Crippen LogP contribution is 2.23. The maximum absolute atomic E-state index is 11.9. The van der Waals surface area contributed by atoms with Crippen LogP contribution >= 0.6 is 0 Å². The first-order valence-corrected chi connectivity index (χ1v) is 6.49. The van der Waals surface area contributed by atoms with E-state index in [-0.39, 0.29) is 11.8 Å². The number of carbonyl (C=O) groups is 2. The lowest BCUT2D eigenvalue weighted by Crippen LogP contribution is -2.27. The molecule has 2 amide bonds. The van der Waals surface area contributed by atoms with E-state index in [1.165, 1.54) is 0 Å². The minimum Gasteiger partial charge on any atom is -0.375 e. The fraction of sp³-hybridized carbons (Fsp3) is 0.333. The summed E-state index contributed by atoms with van der Waals surface area (Å²) in [7, 11) is 0. The molecule has 0 atom stereocenters. The molecule has 0 bridgehead atoms. The molecule has 1 aromatic rings. The van der Waals surface area contributed by atoms with Crippen LogP contribution in [0.2, 0.25) is 0 Å². The van der Waals surface area contributed by atoms with E-state index >= 15 is 0 Å². The van der Waals surface area contributed by atoms with Crippen LogP contribution in [-0.4, -0.2) is 31.6 Å². The SMILES string of the molecule is C=C(C)COCCNC(=O)c1ccc2c(c1)CC(=O)N2. The molecule has 2 rings (SSSR count). The maximum atomic E-state index is 11.9. The van der Waals surface area contributed by atoms with Crippen molar-refractivity contribution in [1.82, 2.24) is 5.32 Å². The molecule has 1 aliphatic heterocycles. The second kappa shape index (κ2) is 6.34. The largest absolute Gasteiger partial charge is 0.375 e. The van der Waals surface area contributed by atoms with E-state index in [9.17, 15) is 9.59 Å². The molecule has 0 unspecified atom stereocenters. The van der Waals surface area contributed by atoms with E-state index < -0.39 is 0 Å². The first-order valence-electron chi connectivity index (χ1n) is 6.49. The van der Waals surface area contributed by atoms with Crippen molar-refractivity contribution in [3.8, 4) is 0 Å². The van der Waals surface area contributed by atoms with Crippen LogP contribution in [0.1, 0.15) is 22.8 Å². The van der Waals surface area contributed by atoms with Gasteiger partial charge in [-0.3, -0.25) is 9.59 Å². The van der Waals surface area contributed by atoms with Crippen LogP contribution in [0.3, 0.4) is 0 Å². The molecule has 1 aliphatic rings.